The van der Waals surface area contributed by atoms with Crippen LogP contribution in [0.5, 0.6) is 5.75 Å². The third-order valence-electron chi connectivity index (χ3n) is 7.37. The largest absolute Gasteiger partial charge is 0.494 e. The number of carbonyl (C=O) groups excluding carboxylic acids is 1. The van der Waals surface area contributed by atoms with Crippen molar-refractivity contribution < 1.29 is 18.7 Å². The van der Waals surface area contributed by atoms with E-state index in [0.29, 0.717) is 18.1 Å². The highest BCUT2D eigenvalue weighted by molar-refractivity contribution is 5.73. The summed E-state index contributed by atoms with van der Waals surface area (Å²) in [7, 11) is 1.48. The molecule has 142 valence electrons. The Morgan fingerprint density at radius 2 is 2.15 bits per heavy atom. The number of halogens is 1. The molecule has 3 fully saturated rings. The van der Waals surface area contributed by atoms with Crippen molar-refractivity contribution in [3.8, 4) is 5.75 Å². The lowest BCUT2D eigenvalue weighted by Gasteiger charge is -2.53. The van der Waals surface area contributed by atoms with Gasteiger partial charge in [-0.25, -0.2) is 4.39 Å². The number of ether oxygens (including phenoxy) is 2. The first-order valence-electron chi connectivity index (χ1n) is 9.52. The van der Waals surface area contributed by atoms with Crippen LogP contribution in [0, 0.1) is 28.5 Å². The van der Waals surface area contributed by atoms with Gasteiger partial charge >= 0.3 is 0 Å². The van der Waals surface area contributed by atoms with Crippen molar-refractivity contribution in [2.45, 2.75) is 52.2 Å². The van der Waals surface area contributed by atoms with E-state index in [1.54, 1.807) is 13.0 Å². The van der Waals surface area contributed by atoms with E-state index < -0.39 is 0 Å². The number of nitrogens with one attached hydrogen (secondary N) is 1. The van der Waals surface area contributed by atoms with E-state index in [2.05, 4.69) is 19.2 Å². The maximum atomic E-state index is 14.9. The molecule has 0 aromatic heterocycles. The van der Waals surface area contributed by atoms with Crippen molar-refractivity contribution in [3.63, 3.8) is 0 Å². The first kappa shape index (κ1) is 17.8. The van der Waals surface area contributed by atoms with E-state index in [-0.39, 0.29) is 46.4 Å². The van der Waals surface area contributed by atoms with Crippen molar-refractivity contribution in [1.82, 2.24) is 5.32 Å². The molecule has 5 heteroatoms. The van der Waals surface area contributed by atoms with E-state index in [1.165, 1.54) is 7.11 Å². The second-order valence-electron chi connectivity index (χ2n) is 8.84. The van der Waals surface area contributed by atoms with Gasteiger partial charge in [0.2, 0.25) is 5.91 Å². The summed E-state index contributed by atoms with van der Waals surface area (Å²) < 4.78 is 26.2. The molecular formula is C21H28FNO3. The zero-order chi connectivity index (χ0) is 18.7. The number of benzene rings is 1. The molecule has 26 heavy (non-hydrogen) atoms. The lowest BCUT2D eigenvalue weighted by molar-refractivity contribution is -0.136. The highest BCUT2D eigenvalue weighted by Gasteiger charge is 2.68. The molecular weight excluding hydrogens is 333 g/mol. The van der Waals surface area contributed by atoms with Crippen LogP contribution in [0.3, 0.4) is 0 Å². The maximum Gasteiger partial charge on any atom is 0.217 e. The first-order valence-corrected chi connectivity index (χ1v) is 9.52. The van der Waals surface area contributed by atoms with Crippen LogP contribution in [0.1, 0.15) is 51.7 Å². The summed E-state index contributed by atoms with van der Waals surface area (Å²) in [5.41, 5.74) is 0.621. The molecule has 1 aromatic rings. The van der Waals surface area contributed by atoms with Gasteiger partial charge in [0.15, 0.2) is 11.6 Å². The van der Waals surface area contributed by atoms with Gasteiger partial charge in [0.25, 0.3) is 0 Å². The molecule has 1 saturated heterocycles. The van der Waals surface area contributed by atoms with E-state index in [9.17, 15) is 9.18 Å². The number of hydrogen-bond donors (Lipinski definition) is 1. The maximum absolute atomic E-state index is 14.9. The number of carbonyl (C=O) groups is 1. The number of fused-ring (bicyclic) bond motifs is 1. The Kier molecular flexibility index (Phi) is 4.07. The molecule has 0 radical (unpaired) electrons. The van der Waals surface area contributed by atoms with E-state index in [4.69, 9.17) is 9.47 Å². The van der Waals surface area contributed by atoms with Gasteiger partial charge in [-0.05, 0) is 48.0 Å². The lowest BCUT2D eigenvalue weighted by atomic mass is 9.59. The Balaban J connectivity index is 1.74. The molecule has 5 atom stereocenters. The van der Waals surface area contributed by atoms with Crippen molar-refractivity contribution in [2.24, 2.45) is 22.7 Å². The Hall–Kier alpha value is -1.62. The fourth-order valence-corrected chi connectivity index (χ4v) is 6.20. The monoisotopic (exact) mass is 361 g/mol. The second-order valence-corrected chi connectivity index (χ2v) is 8.84. The first-order chi connectivity index (χ1) is 12.3. The average Bonchev–Trinajstić information content (AvgIpc) is 3.08. The third kappa shape index (κ3) is 2.32. The fraction of sp³-hybridized carbons (Fsp3) is 0.667. The van der Waals surface area contributed by atoms with Crippen LogP contribution in [-0.4, -0.2) is 25.7 Å². The predicted octanol–water partition coefficient (Wildman–Crippen LogP) is 3.85. The molecule has 1 N–H and O–H groups in total. The molecule has 2 saturated carbocycles. The summed E-state index contributed by atoms with van der Waals surface area (Å²) >= 11 is 0. The van der Waals surface area contributed by atoms with E-state index in [0.717, 1.165) is 19.3 Å². The molecule has 1 aromatic carbocycles. The summed E-state index contributed by atoms with van der Waals surface area (Å²) in [4.78, 5) is 11.9. The molecule has 2 bridgehead atoms. The summed E-state index contributed by atoms with van der Waals surface area (Å²) in [6.07, 6.45) is 2.74. The third-order valence-corrected chi connectivity index (χ3v) is 7.37. The number of rotatable bonds is 3. The van der Waals surface area contributed by atoms with Crippen molar-refractivity contribution >= 4 is 5.91 Å². The molecule has 1 unspecified atom stereocenters. The Labute approximate surface area is 154 Å². The van der Waals surface area contributed by atoms with Gasteiger partial charge in [0.1, 0.15) is 0 Å². The molecule has 1 heterocycles. The zero-order valence-corrected chi connectivity index (χ0v) is 16.0. The Morgan fingerprint density at radius 3 is 2.85 bits per heavy atom. The Morgan fingerprint density at radius 1 is 1.38 bits per heavy atom. The van der Waals surface area contributed by atoms with Crippen LogP contribution in [0.15, 0.2) is 18.2 Å². The minimum Gasteiger partial charge on any atom is -0.494 e. The Bertz CT molecular complexity index is 734. The number of amides is 1. The second kappa shape index (κ2) is 5.95. The van der Waals surface area contributed by atoms with E-state index >= 15 is 0 Å². The van der Waals surface area contributed by atoms with Crippen LogP contribution in [0.25, 0.3) is 0 Å². The van der Waals surface area contributed by atoms with Crippen LogP contribution in [0.2, 0.25) is 0 Å². The van der Waals surface area contributed by atoms with Crippen molar-refractivity contribution in [2.75, 3.05) is 13.7 Å². The fourth-order valence-electron chi connectivity index (χ4n) is 6.20. The standard InChI is InChI=1S/C21H28FNO3/c1-12(24)23-19-20(2,3)13-10-15-18(26-9-8-21(15,19)11-13)14-6-5-7-16(25-4)17(14)22/h5-7,13,15,18-19H,8-11H2,1-4H3,(H,23,24)/t13-,15-,18-,19+,21?/m1/s1. The molecule has 1 spiro atoms. The quantitative estimate of drug-likeness (QED) is 0.889. The molecule has 4 rings (SSSR count). The van der Waals surface area contributed by atoms with Crippen LogP contribution in [0.4, 0.5) is 4.39 Å². The van der Waals surface area contributed by atoms with Gasteiger partial charge in [-0.15, -0.1) is 0 Å². The highest BCUT2D eigenvalue weighted by Crippen LogP contribution is 2.70. The minimum absolute atomic E-state index is 0.0133. The van der Waals surface area contributed by atoms with Crippen molar-refractivity contribution in [1.29, 1.82) is 0 Å². The highest BCUT2D eigenvalue weighted by atomic mass is 19.1. The molecule has 2 aliphatic carbocycles. The lowest BCUT2D eigenvalue weighted by Crippen LogP contribution is -2.58. The van der Waals surface area contributed by atoms with Gasteiger partial charge in [-0.1, -0.05) is 26.0 Å². The van der Waals surface area contributed by atoms with Gasteiger partial charge in [-0.2, -0.15) is 0 Å². The summed E-state index contributed by atoms with van der Waals surface area (Å²) in [5, 5.41) is 3.25. The van der Waals surface area contributed by atoms with Gasteiger partial charge in [0, 0.05) is 25.1 Å². The van der Waals surface area contributed by atoms with Crippen LogP contribution >= 0.6 is 0 Å². The zero-order valence-electron chi connectivity index (χ0n) is 16.0. The molecule has 4 nitrogen and oxygen atoms in total. The SMILES string of the molecule is COc1cccc([C@H]2OCCC34C[C@@H](C[C@H]23)C(C)(C)[C@@H]4NC(C)=O)c1F. The smallest absolute Gasteiger partial charge is 0.217 e. The van der Waals surface area contributed by atoms with Crippen molar-refractivity contribution in [3.05, 3.63) is 29.6 Å². The average molecular weight is 361 g/mol. The predicted molar refractivity (Wildman–Crippen MR) is 96.3 cm³/mol. The normalized spacial score (nSPS) is 37.3. The summed E-state index contributed by atoms with van der Waals surface area (Å²) in [6.45, 7) is 6.71. The summed E-state index contributed by atoms with van der Waals surface area (Å²) in [6, 6.07) is 5.38. The van der Waals surface area contributed by atoms with E-state index in [1.807, 2.05) is 12.1 Å². The van der Waals surface area contributed by atoms with Gasteiger partial charge in [0.05, 0.1) is 13.2 Å². The number of hydrogen-bond acceptors (Lipinski definition) is 3. The molecule has 1 amide bonds. The molecule has 1 aliphatic heterocycles. The summed E-state index contributed by atoms with van der Waals surface area (Å²) in [5.74, 6) is 0.678. The number of methoxy groups -OCH3 is 1. The molecule has 3 aliphatic rings. The minimum atomic E-state index is -0.324. The van der Waals surface area contributed by atoms with Gasteiger partial charge in [-0.3, -0.25) is 4.79 Å². The van der Waals surface area contributed by atoms with Gasteiger partial charge < -0.3 is 14.8 Å². The van der Waals surface area contributed by atoms with Crippen LogP contribution < -0.4 is 10.1 Å². The topological polar surface area (TPSA) is 47.6 Å². The van der Waals surface area contributed by atoms with Crippen LogP contribution in [-0.2, 0) is 9.53 Å².